The number of hydrogen-bond donors (Lipinski definition) is 0. The van der Waals surface area contributed by atoms with E-state index in [4.69, 9.17) is 0 Å². The molecule has 0 radical (unpaired) electrons. The number of aryl methyl sites for hydroxylation is 1. The van der Waals surface area contributed by atoms with E-state index in [1.807, 2.05) is 12.1 Å². The number of piperidine rings is 1. The largest absolute Gasteiger partial charge is 0.355 e. The summed E-state index contributed by atoms with van der Waals surface area (Å²) in [4.78, 5) is 6.63. The van der Waals surface area contributed by atoms with Crippen LogP contribution >= 0.6 is 15.9 Å². The third-order valence-electron chi connectivity index (χ3n) is 4.36. The van der Waals surface area contributed by atoms with E-state index in [1.54, 1.807) is 6.20 Å². The van der Waals surface area contributed by atoms with Gasteiger partial charge < -0.3 is 4.90 Å². The van der Waals surface area contributed by atoms with Crippen molar-refractivity contribution in [1.82, 2.24) is 4.98 Å². The lowest BCUT2D eigenvalue weighted by Crippen LogP contribution is -2.34. The summed E-state index contributed by atoms with van der Waals surface area (Å²) in [7, 11) is 0. The van der Waals surface area contributed by atoms with E-state index in [0.29, 0.717) is 11.5 Å². The summed E-state index contributed by atoms with van der Waals surface area (Å²) < 4.78 is 1.17. The van der Waals surface area contributed by atoms with Gasteiger partial charge in [0.1, 0.15) is 11.9 Å². The molecule has 1 aromatic carbocycles. The van der Waals surface area contributed by atoms with Crippen molar-refractivity contribution in [2.75, 3.05) is 18.0 Å². The zero-order valence-electron chi connectivity index (χ0n) is 12.6. The van der Waals surface area contributed by atoms with Crippen LogP contribution in [0.5, 0.6) is 0 Å². The van der Waals surface area contributed by atoms with E-state index < -0.39 is 0 Å². The van der Waals surface area contributed by atoms with Gasteiger partial charge in [0, 0.05) is 23.8 Å². The molecule has 0 spiro atoms. The van der Waals surface area contributed by atoms with Crippen molar-refractivity contribution in [3.8, 4) is 6.07 Å². The predicted octanol–water partition coefficient (Wildman–Crippen LogP) is 4.41. The highest BCUT2D eigenvalue weighted by atomic mass is 79.9. The average molecular weight is 356 g/mol. The molecule has 1 aliphatic rings. The van der Waals surface area contributed by atoms with Crippen LogP contribution in [-0.4, -0.2) is 18.1 Å². The van der Waals surface area contributed by atoms with E-state index in [9.17, 15) is 5.26 Å². The monoisotopic (exact) mass is 355 g/mol. The number of hydrogen-bond acceptors (Lipinski definition) is 3. The average Bonchev–Trinajstić information content (AvgIpc) is 2.57. The van der Waals surface area contributed by atoms with Crippen molar-refractivity contribution < 1.29 is 0 Å². The van der Waals surface area contributed by atoms with Gasteiger partial charge in [-0.15, -0.1) is 0 Å². The third-order valence-corrected chi connectivity index (χ3v) is 5.24. The van der Waals surface area contributed by atoms with Crippen LogP contribution in [0.2, 0.25) is 0 Å². The summed E-state index contributed by atoms with van der Waals surface area (Å²) in [6.07, 6.45) is 3.96. The normalized spacial score (nSPS) is 15.6. The lowest BCUT2D eigenvalue weighted by molar-refractivity contribution is 0.502. The number of pyridine rings is 1. The molecule has 3 nitrogen and oxygen atoms in total. The van der Waals surface area contributed by atoms with Gasteiger partial charge in [-0.25, -0.2) is 4.98 Å². The number of aromatic nitrogens is 1. The Morgan fingerprint density at radius 1 is 1.27 bits per heavy atom. The van der Waals surface area contributed by atoms with Gasteiger partial charge >= 0.3 is 0 Å². The Kier molecular flexibility index (Phi) is 4.44. The molecule has 1 fully saturated rings. The van der Waals surface area contributed by atoms with E-state index in [-0.39, 0.29) is 0 Å². The highest BCUT2D eigenvalue weighted by Crippen LogP contribution is 2.32. The van der Waals surface area contributed by atoms with Gasteiger partial charge in [-0.3, -0.25) is 0 Å². The Bertz CT molecular complexity index is 713. The van der Waals surface area contributed by atoms with Gasteiger partial charge in [0.05, 0.1) is 5.56 Å². The van der Waals surface area contributed by atoms with Crippen LogP contribution in [0.15, 0.2) is 41.0 Å². The summed E-state index contributed by atoms with van der Waals surface area (Å²) >= 11 is 3.56. The fraction of sp³-hybridized carbons (Fsp3) is 0.333. The lowest BCUT2D eigenvalue weighted by atomic mass is 9.88. The zero-order chi connectivity index (χ0) is 15.5. The SMILES string of the molecule is Cc1cc(C2CCN(c3ncccc3C#N)CC2)ccc1Br. The van der Waals surface area contributed by atoms with Crippen LogP contribution in [-0.2, 0) is 0 Å². The molecule has 0 atom stereocenters. The molecule has 0 saturated carbocycles. The second-order valence-corrected chi connectivity index (χ2v) is 6.61. The molecule has 22 heavy (non-hydrogen) atoms. The Balaban J connectivity index is 1.72. The minimum atomic E-state index is 0.595. The fourth-order valence-electron chi connectivity index (χ4n) is 3.08. The van der Waals surface area contributed by atoms with Crippen molar-refractivity contribution in [2.45, 2.75) is 25.7 Å². The van der Waals surface area contributed by atoms with Crippen LogP contribution in [0.3, 0.4) is 0 Å². The van der Waals surface area contributed by atoms with Gasteiger partial charge in [-0.2, -0.15) is 5.26 Å². The number of anilines is 1. The summed E-state index contributed by atoms with van der Waals surface area (Å²) in [6.45, 7) is 4.03. The molecule has 0 amide bonds. The predicted molar refractivity (Wildman–Crippen MR) is 92.0 cm³/mol. The minimum Gasteiger partial charge on any atom is -0.355 e. The van der Waals surface area contributed by atoms with Gasteiger partial charge in [-0.1, -0.05) is 28.1 Å². The van der Waals surface area contributed by atoms with Crippen LogP contribution in [0, 0.1) is 18.3 Å². The molecular formula is C18H18BrN3. The molecule has 2 heterocycles. The molecular weight excluding hydrogens is 338 g/mol. The standard InChI is InChI=1S/C18H18BrN3/c1-13-11-15(4-5-17(13)19)14-6-9-22(10-7-14)18-16(12-20)3-2-8-21-18/h2-5,8,11,14H,6-7,9-10H2,1H3. The topological polar surface area (TPSA) is 39.9 Å². The number of halogens is 1. The van der Waals surface area contributed by atoms with E-state index in [1.165, 1.54) is 15.6 Å². The molecule has 0 N–H and O–H groups in total. The molecule has 3 rings (SSSR count). The molecule has 1 aliphatic heterocycles. The van der Waals surface area contributed by atoms with Gasteiger partial charge in [0.25, 0.3) is 0 Å². The molecule has 0 aliphatic carbocycles. The first kappa shape index (κ1) is 15.1. The molecule has 2 aromatic rings. The Hall–Kier alpha value is -1.86. The molecule has 4 heteroatoms. The smallest absolute Gasteiger partial charge is 0.146 e. The zero-order valence-corrected chi connectivity index (χ0v) is 14.2. The highest BCUT2D eigenvalue weighted by molar-refractivity contribution is 9.10. The summed E-state index contributed by atoms with van der Waals surface area (Å²) in [6, 6.07) is 12.5. The van der Waals surface area contributed by atoms with Gasteiger partial charge in [0.2, 0.25) is 0 Å². The molecule has 112 valence electrons. The first-order chi connectivity index (χ1) is 10.7. The van der Waals surface area contributed by atoms with Crippen LogP contribution in [0.1, 0.15) is 35.4 Å². The second kappa shape index (κ2) is 6.50. The maximum atomic E-state index is 9.21. The molecule has 1 saturated heterocycles. The Morgan fingerprint density at radius 3 is 2.73 bits per heavy atom. The van der Waals surface area contributed by atoms with Crippen molar-refractivity contribution in [3.05, 3.63) is 57.7 Å². The molecule has 0 bridgehead atoms. The second-order valence-electron chi connectivity index (χ2n) is 5.76. The lowest BCUT2D eigenvalue weighted by Gasteiger charge is -2.33. The minimum absolute atomic E-state index is 0.595. The molecule has 0 unspecified atom stereocenters. The number of rotatable bonds is 2. The number of nitriles is 1. The van der Waals surface area contributed by atoms with Crippen molar-refractivity contribution >= 4 is 21.7 Å². The maximum absolute atomic E-state index is 9.21. The maximum Gasteiger partial charge on any atom is 0.146 e. The quantitative estimate of drug-likeness (QED) is 0.800. The van der Waals surface area contributed by atoms with Crippen LogP contribution < -0.4 is 4.90 Å². The first-order valence-corrected chi connectivity index (χ1v) is 8.34. The first-order valence-electron chi connectivity index (χ1n) is 7.55. The number of benzene rings is 1. The van der Waals surface area contributed by atoms with Crippen LogP contribution in [0.25, 0.3) is 0 Å². The molecule has 1 aromatic heterocycles. The third kappa shape index (κ3) is 3.00. The summed E-state index contributed by atoms with van der Waals surface area (Å²) in [5, 5.41) is 9.21. The van der Waals surface area contributed by atoms with Crippen molar-refractivity contribution in [3.63, 3.8) is 0 Å². The van der Waals surface area contributed by atoms with E-state index in [2.05, 4.69) is 57.0 Å². The number of nitrogens with zero attached hydrogens (tertiary/aromatic N) is 3. The van der Waals surface area contributed by atoms with E-state index in [0.717, 1.165) is 31.7 Å². The van der Waals surface area contributed by atoms with Crippen molar-refractivity contribution in [1.29, 1.82) is 5.26 Å². The van der Waals surface area contributed by atoms with E-state index >= 15 is 0 Å². The van der Waals surface area contributed by atoms with Crippen molar-refractivity contribution in [2.24, 2.45) is 0 Å². The highest BCUT2D eigenvalue weighted by Gasteiger charge is 2.23. The fourth-order valence-corrected chi connectivity index (χ4v) is 3.33. The van der Waals surface area contributed by atoms with Crippen LogP contribution in [0.4, 0.5) is 5.82 Å². The Morgan fingerprint density at radius 2 is 2.05 bits per heavy atom. The van der Waals surface area contributed by atoms with Gasteiger partial charge in [0.15, 0.2) is 0 Å². The summed E-state index contributed by atoms with van der Waals surface area (Å²) in [5.41, 5.74) is 3.37. The van der Waals surface area contributed by atoms with Gasteiger partial charge in [-0.05, 0) is 55.0 Å². The summed E-state index contributed by atoms with van der Waals surface area (Å²) in [5.74, 6) is 1.42. The Labute approximate surface area is 139 Å².